The van der Waals surface area contributed by atoms with Crippen molar-refractivity contribution >= 4 is 27.7 Å². The number of nitrogens with zero attached hydrogens (tertiary/aromatic N) is 1. The van der Waals surface area contributed by atoms with Crippen LogP contribution >= 0.6 is 15.9 Å². The van der Waals surface area contributed by atoms with Gasteiger partial charge in [0.1, 0.15) is 11.8 Å². The Balaban J connectivity index is 2.09. The molecule has 29 heavy (non-hydrogen) atoms. The highest BCUT2D eigenvalue weighted by molar-refractivity contribution is 9.10. The van der Waals surface area contributed by atoms with E-state index in [1.165, 1.54) is 0 Å². The normalized spacial score (nSPS) is 11.6. The summed E-state index contributed by atoms with van der Waals surface area (Å²) in [5, 5.41) is 2.92. The molecule has 5 nitrogen and oxygen atoms in total. The van der Waals surface area contributed by atoms with Crippen LogP contribution in [0.3, 0.4) is 0 Å². The molecule has 0 aromatic heterocycles. The molecule has 0 heterocycles. The molecule has 6 heteroatoms. The number of hydrogen-bond acceptors (Lipinski definition) is 3. The topological polar surface area (TPSA) is 58.6 Å². The third kappa shape index (κ3) is 7.54. The molecule has 2 rings (SSSR count). The Kier molecular flexibility index (Phi) is 9.71. The minimum atomic E-state index is -0.508. The van der Waals surface area contributed by atoms with E-state index < -0.39 is 6.04 Å². The molecule has 156 valence electrons. The average Bonchev–Trinajstić information content (AvgIpc) is 2.75. The SMILES string of the molecule is CCCNC(=O)C(CC)N(CCc1ccccc1)C(=O)COc1ccc(Br)cc1. The van der Waals surface area contributed by atoms with E-state index in [0.717, 1.165) is 16.5 Å². The van der Waals surface area contributed by atoms with Gasteiger partial charge >= 0.3 is 0 Å². The number of rotatable bonds is 11. The molecule has 0 spiro atoms. The molecule has 2 amide bonds. The van der Waals surface area contributed by atoms with Crippen molar-refractivity contribution in [2.24, 2.45) is 0 Å². The van der Waals surface area contributed by atoms with Crippen LogP contribution in [0.2, 0.25) is 0 Å². The summed E-state index contributed by atoms with van der Waals surface area (Å²) in [4.78, 5) is 27.3. The van der Waals surface area contributed by atoms with Crippen molar-refractivity contribution < 1.29 is 14.3 Å². The highest BCUT2D eigenvalue weighted by atomic mass is 79.9. The summed E-state index contributed by atoms with van der Waals surface area (Å²) < 4.78 is 6.61. The Bertz CT molecular complexity index is 765. The maximum absolute atomic E-state index is 13.0. The Morgan fingerprint density at radius 3 is 2.38 bits per heavy atom. The number of ether oxygens (including phenoxy) is 1. The second-order valence-corrected chi connectivity index (χ2v) is 7.70. The molecule has 1 N–H and O–H groups in total. The zero-order chi connectivity index (χ0) is 21.1. The number of benzene rings is 2. The molecule has 2 aromatic carbocycles. The molecular formula is C23H29BrN2O3. The number of nitrogens with one attached hydrogen (secondary N) is 1. The van der Waals surface area contributed by atoms with E-state index >= 15 is 0 Å². The summed E-state index contributed by atoms with van der Waals surface area (Å²) in [6.07, 6.45) is 2.09. The largest absolute Gasteiger partial charge is 0.484 e. The lowest BCUT2D eigenvalue weighted by atomic mass is 10.1. The van der Waals surface area contributed by atoms with Gasteiger partial charge in [-0.25, -0.2) is 0 Å². The third-order valence-corrected chi connectivity index (χ3v) is 5.12. The fourth-order valence-corrected chi connectivity index (χ4v) is 3.29. The predicted octanol–water partition coefficient (Wildman–Crippen LogP) is 4.20. The van der Waals surface area contributed by atoms with Crippen molar-refractivity contribution in [3.05, 3.63) is 64.6 Å². The first-order chi connectivity index (χ1) is 14.0. The second kappa shape index (κ2) is 12.3. The lowest BCUT2D eigenvalue weighted by Gasteiger charge is -2.30. The smallest absolute Gasteiger partial charge is 0.261 e. The van der Waals surface area contributed by atoms with Gasteiger partial charge in [-0.05, 0) is 49.1 Å². The van der Waals surface area contributed by atoms with Crippen LogP contribution in [0.4, 0.5) is 0 Å². The van der Waals surface area contributed by atoms with Crippen LogP contribution in [0.1, 0.15) is 32.3 Å². The van der Waals surface area contributed by atoms with E-state index in [4.69, 9.17) is 4.74 Å². The lowest BCUT2D eigenvalue weighted by Crippen LogP contribution is -2.51. The summed E-state index contributed by atoms with van der Waals surface area (Å²) >= 11 is 3.38. The van der Waals surface area contributed by atoms with Gasteiger partial charge in [0.05, 0.1) is 0 Å². The fourth-order valence-electron chi connectivity index (χ4n) is 3.02. The first kappa shape index (κ1) is 22.9. The standard InChI is InChI=1S/C23H29BrN2O3/c1-3-15-25-23(28)21(4-2)26(16-14-18-8-6-5-7-9-18)22(27)17-29-20-12-10-19(24)11-13-20/h5-13,21H,3-4,14-17H2,1-2H3,(H,25,28). The first-order valence-electron chi connectivity index (χ1n) is 10.0. The third-order valence-electron chi connectivity index (χ3n) is 4.60. The van der Waals surface area contributed by atoms with Gasteiger partial charge in [0.2, 0.25) is 5.91 Å². The van der Waals surface area contributed by atoms with Crippen LogP contribution in [-0.2, 0) is 16.0 Å². The van der Waals surface area contributed by atoms with Crippen molar-refractivity contribution in [2.75, 3.05) is 19.7 Å². The summed E-state index contributed by atoms with van der Waals surface area (Å²) in [7, 11) is 0. The van der Waals surface area contributed by atoms with E-state index in [-0.39, 0.29) is 18.4 Å². The van der Waals surface area contributed by atoms with Gasteiger partial charge < -0.3 is 15.0 Å². The van der Waals surface area contributed by atoms with Crippen LogP contribution in [0.25, 0.3) is 0 Å². The molecule has 0 aliphatic heterocycles. The molecular weight excluding hydrogens is 432 g/mol. The first-order valence-corrected chi connectivity index (χ1v) is 10.8. The van der Waals surface area contributed by atoms with Gasteiger partial charge in [-0.2, -0.15) is 0 Å². The number of carbonyl (C=O) groups is 2. The van der Waals surface area contributed by atoms with Crippen LogP contribution in [0, 0.1) is 0 Å². The Morgan fingerprint density at radius 2 is 1.76 bits per heavy atom. The van der Waals surface area contributed by atoms with Crippen LogP contribution in [0.15, 0.2) is 59.1 Å². The van der Waals surface area contributed by atoms with E-state index in [9.17, 15) is 9.59 Å². The zero-order valence-electron chi connectivity index (χ0n) is 17.1. The van der Waals surface area contributed by atoms with Crippen molar-refractivity contribution in [1.82, 2.24) is 10.2 Å². The van der Waals surface area contributed by atoms with Crippen molar-refractivity contribution in [2.45, 2.75) is 39.2 Å². The van der Waals surface area contributed by atoms with Gasteiger partial charge in [-0.1, -0.05) is 60.1 Å². The predicted molar refractivity (Wildman–Crippen MR) is 119 cm³/mol. The molecule has 1 atom stereocenters. The zero-order valence-corrected chi connectivity index (χ0v) is 18.7. The molecule has 0 saturated heterocycles. The summed E-state index contributed by atoms with van der Waals surface area (Å²) in [6.45, 7) is 4.89. The number of halogens is 1. The molecule has 0 bridgehead atoms. The van der Waals surface area contributed by atoms with Crippen LogP contribution in [0.5, 0.6) is 5.75 Å². The van der Waals surface area contributed by atoms with Crippen LogP contribution in [-0.4, -0.2) is 42.5 Å². The maximum Gasteiger partial charge on any atom is 0.261 e. The number of amides is 2. The molecule has 0 aliphatic carbocycles. The quantitative estimate of drug-likeness (QED) is 0.546. The summed E-state index contributed by atoms with van der Waals surface area (Å²) in [5.41, 5.74) is 1.13. The van der Waals surface area contributed by atoms with Gasteiger partial charge in [0.15, 0.2) is 6.61 Å². The molecule has 0 saturated carbocycles. The van der Waals surface area contributed by atoms with E-state index in [1.807, 2.05) is 56.3 Å². The average molecular weight is 461 g/mol. The molecule has 0 radical (unpaired) electrons. The maximum atomic E-state index is 13.0. The molecule has 0 fully saturated rings. The van der Waals surface area contributed by atoms with Gasteiger partial charge in [0, 0.05) is 17.6 Å². The summed E-state index contributed by atoms with van der Waals surface area (Å²) in [6, 6.07) is 16.8. The monoisotopic (exact) mass is 460 g/mol. The molecule has 0 aliphatic rings. The van der Waals surface area contributed by atoms with Crippen molar-refractivity contribution in [3.8, 4) is 5.75 Å². The van der Waals surface area contributed by atoms with Crippen LogP contribution < -0.4 is 10.1 Å². The lowest BCUT2D eigenvalue weighted by molar-refractivity contribution is -0.142. The van der Waals surface area contributed by atoms with Crippen molar-refractivity contribution in [3.63, 3.8) is 0 Å². The fraction of sp³-hybridized carbons (Fsp3) is 0.391. The number of carbonyl (C=O) groups excluding carboxylic acids is 2. The molecule has 2 aromatic rings. The van der Waals surface area contributed by atoms with E-state index in [0.29, 0.717) is 31.7 Å². The Hall–Kier alpha value is -2.34. The van der Waals surface area contributed by atoms with Crippen molar-refractivity contribution in [1.29, 1.82) is 0 Å². The van der Waals surface area contributed by atoms with Gasteiger partial charge in [-0.3, -0.25) is 9.59 Å². The second-order valence-electron chi connectivity index (χ2n) is 6.78. The number of hydrogen-bond donors (Lipinski definition) is 1. The van der Waals surface area contributed by atoms with Gasteiger partial charge in [0.25, 0.3) is 5.91 Å². The highest BCUT2D eigenvalue weighted by Crippen LogP contribution is 2.17. The minimum absolute atomic E-state index is 0.103. The highest BCUT2D eigenvalue weighted by Gasteiger charge is 2.28. The van der Waals surface area contributed by atoms with E-state index in [2.05, 4.69) is 21.2 Å². The molecule has 1 unspecified atom stereocenters. The summed E-state index contributed by atoms with van der Waals surface area (Å²) in [5.74, 6) is 0.315. The Labute approximate surface area is 181 Å². The van der Waals surface area contributed by atoms with Gasteiger partial charge in [-0.15, -0.1) is 0 Å². The Morgan fingerprint density at radius 1 is 1.07 bits per heavy atom. The minimum Gasteiger partial charge on any atom is -0.484 e. The van der Waals surface area contributed by atoms with E-state index in [1.54, 1.807) is 17.0 Å².